The summed E-state index contributed by atoms with van der Waals surface area (Å²) in [5, 5.41) is 3.58. The number of nitrogens with one attached hydrogen (secondary N) is 1. The first-order chi connectivity index (χ1) is 15.9. The molecule has 1 heterocycles. The summed E-state index contributed by atoms with van der Waals surface area (Å²) in [7, 11) is 3.14. The maximum absolute atomic E-state index is 12.7. The molecule has 0 aliphatic heterocycles. The van der Waals surface area contributed by atoms with E-state index in [2.05, 4.69) is 10.3 Å². The SMILES string of the molecule is COc1cc2nccc(Oc3ccc(NC(=O)C4(C(=O)OC(C)C)CC4)cc3)c2cc1OC. The Hall–Kier alpha value is -3.81. The van der Waals surface area contributed by atoms with Gasteiger partial charge in [-0.3, -0.25) is 14.6 Å². The summed E-state index contributed by atoms with van der Waals surface area (Å²) in [4.78, 5) is 29.4. The highest BCUT2D eigenvalue weighted by Crippen LogP contribution is 2.48. The third-order valence-corrected chi connectivity index (χ3v) is 5.46. The van der Waals surface area contributed by atoms with Crippen LogP contribution in [-0.2, 0) is 14.3 Å². The zero-order valence-electron chi connectivity index (χ0n) is 19.0. The van der Waals surface area contributed by atoms with E-state index in [0.29, 0.717) is 47.0 Å². The molecule has 0 saturated heterocycles. The number of amides is 1. The number of hydrogen-bond donors (Lipinski definition) is 1. The number of ether oxygens (including phenoxy) is 4. The third-order valence-electron chi connectivity index (χ3n) is 5.46. The Kier molecular flexibility index (Phi) is 6.09. The molecule has 1 aliphatic carbocycles. The first-order valence-electron chi connectivity index (χ1n) is 10.7. The largest absolute Gasteiger partial charge is 0.493 e. The average Bonchev–Trinajstić information content (AvgIpc) is 3.61. The fourth-order valence-corrected chi connectivity index (χ4v) is 3.50. The molecule has 1 saturated carbocycles. The van der Waals surface area contributed by atoms with Crippen molar-refractivity contribution in [2.24, 2.45) is 5.41 Å². The molecule has 3 aromatic rings. The predicted molar refractivity (Wildman–Crippen MR) is 123 cm³/mol. The van der Waals surface area contributed by atoms with Crippen LogP contribution in [-0.4, -0.2) is 37.2 Å². The Morgan fingerprint density at radius 3 is 2.24 bits per heavy atom. The van der Waals surface area contributed by atoms with Gasteiger partial charge in [0.25, 0.3) is 0 Å². The molecule has 0 radical (unpaired) electrons. The number of aromatic nitrogens is 1. The molecule has 1 aromatic heterocycles. The number of carbonyl (C=O) groups is 2. The maximum atomic E-state index is 12.7. The minimum absolute atomic E-state index is 0.260. The number of benzene rings is 2. The quantitative estimate of drug-likeness (QED) is 0.392. The van der Waals surface area contributed by atoms with E-state index in [9.17, 15) is 9.59 Å². The number of fused-ring (bicyclic) bond motifs is 1. The number of nitrogens with zero attached hydrogens (tertiary/aromatic N) is 1. The number of carbonyl (C=O) groups excluding carboxylic acids is 2. The number of anilines is 1. The van der Waals surface area contributed by atoms with Crippen molar-refractivity contribution in [3.05, 3.63) is 48.7 Å². The zero-order chi connectivity index (χ0) is 23.6. The molecule has 1 aliphatic rings. The molecule has 0 spiro atoms. The van der Waals surface area contributed by atoms with Crippen LogP contribution in [0.15, 0.2) is 48.7 Å². The van der Waals surface area contributed by atoms with Gasteiger partial charge in [0.05, 0.1) is 25.8 Å². The molecule has 8 nitrogen and oxygen atoms in total. The summed E-state index contributed by atoms with van der Waals surface area (Å²) in [6, 6.07) is 12.3. The summed E-state index contributed by atoms with van der Waals surface area (Å²) in [6.45, 7) is 3.53. The number of pyridine rings is 1. The van der Waals surface area contributed by atoms with Crippen LogP contribution in [0.2, 0.25) is 0 Å². The van der Waals surface area contributed by atoms with Crippen LogP contribution in [0.4, 0.5) is 5.69 Å². The predicted octanol–water partition coefficient (Wildman–Crippen LogP) is 4.71. The van der Waals surface area contributed by atoms with E-state index in [1.54, 1.807) is 70.7 Å². The number of methoxy groups -OCH3 is 2. The van der Waals surface area contributed by atoms with Crippen LogP contribution in [0.25, 0.3) is 10.9 Å². The highest BCUT2D eigenvalue weighted by Gasteiger charge is 2.58. The van der Waals surface area contributed by atoms with Crippen LogP contribution in [0.3, 0.4) is 0 Å². The van der Waals surface area contributed by atoms with Gasteiger partial charge in [-0.1, -0.05) is 0 Å². The van der Waals surface area contributed by atoms with Crippen molar-refractivity contribution in [1.82, 2.24) is 4.98 Å². The van der Waals surface area contributed by atoms with Gasteiger partial charge in [0.15, 0.2) is 11.5 Å². The standard InChI is InChI=1S/C25H26N2O6/c1-15(2)32-24(29)25(10-11-25)23(28)27-16-5-7-17(8-6-16)33-20-9-12-26-19-14-22(31-4)21(30-3)13-18(19)20/h5-9,12-15H,10-11H2,1-4H3,(H,27,28). The van der Waals surface area contributed by atoms with Gasteiger partial charge in [0.1, 0.15) is 16.9 Å². The molecular formula is C25H26N2O6. The molecule has 172 valence electrons. The second-order valence-electron chi connectivity index (χ2n) is 8.15. The van der Waals surface area contributed by atoms with Crippen molar-refractivity contribution < 1.29 is 28.5 Å². The van der Waals surface area contributed by atoms with Crippen molar-refractivity contribution in [2.75, 3.05) is 19.5 Å². The van der Waals surface area contributed by atoms with Crippen molar-refractivity contribution in [3.8, 4) is 23.0 Å². The Labute approximate surface area is 191 Å². The summed E-state index contributed by atoms with van der Waals surface area (Å²) in [5.41, 5.74) is 0.203. The smallest absolute Gasteiger partial charge is 0.321 e. The summed E-state index contributed by atoms with van der Waals surface area (Å²) in [5.74, 6) is 1.53. The summed E-state index contributed by atoms with van der Waals surface area (Å²) < 4.78 is 22.0. The number of rotatable bonds is 8. The van der Waals surface area contributed by atoms with Gasteiger partial charge in [0, 0.05) is 23.3 Å². The van der Waals surface area contributed by atoms with E-state index in [4.69, 9.17) is 18.9 Å². The molecule has 0 bridgehead atoms. The van der Waals surface area contributed by atoms with Gasteiger partial charge in [-0.25, -0.2) is 0 Å². The molecule has 1 amide bonds. The molecule has 1 N–H and O–H groups in total. The van der Waals surface area contributed by atoms with Crippen molar-refractivity contribution in [1.29, 1.82) is 0 Å². The Bertz CT molecular complexity index is 1190. The van der Waals surface area contributed by atoms with Gasteiger partial charge in [-0.15, -0.1) is 0 Å². The fraction of sp³-hybridized carbons (Fsp3) is 0.320. The van der Waals surface area contributed by atoms with Gasteiger partial charge in [0.2, 0.25) is 5.91 Å². The van der Waals surface area contributed by atoms with Gasteiger partial charge in [-0.2, -0.15) is 0 Å². The number of hydrogen-bond acceptors (Lipinski definition) is 7. The monoisotopic (exact) mass is 450 g/mol. The molecular weight excluding hydrogens is 424 g/mol. The second-order valence-corrected chi connectivity index (χ2v) is 8.15. The second kappa shape index (κ2) is 8.97. The van der Waals surface area contributed by atoms with Crippen molar-refractivity contribution in [3.63, 3.8) is 0 Å². The summed E-state index contributed by atoms with van der Waals surface area (Å²) >= 11 is 0. The van der Waals surface area contributed by atoms with Crippen LogP contribution < -0.4 is 19.5 Å². The van der Waals surface area contributed by atoms with E-state index in [1.807, 2.05) is 6.07 Å². The molecule has 2 aromatic carbocycles. The maximum Gasteiger partial charge on any atom is 0.321 e. The zero-order valence-corrected chi connectivity index (χ0v) is 19.0. The van der Waals surface area contributed by atoms with Crippen molar-refractivity contribution >= 4 is 28.5 Å². The highest BCUT2D eigenvalue weighted by atomic mass is 16.5. The van der Waals surface area contributed by atoms with E-state index < -0.39 is 11.4 Å². The first-order valence-corrected chi connectivity index (χ1v) is 10.7. The van der Waals surface area contributed by atoms with Gasteiger partial charge < -0.3 is 24.3 Å². The Morgan fingerprint density at radius 2 is 1.64 bits per heavy atom. The van der Waals surface area contributed by atoms with Crippen LogP contribution in [0, 0.1) is 5.41 Å². The minimum atomic E-state index is -1.07. The highest BCUT2D eigenvalue weighted by molar-refractivity contribution is 6.11. The molecule has 4 rings (SSSR count). The van der Waals surface area contributed by atoms with E-state index >= 15 is 0 Å². The first kappa shape index (κ1) is 22.4. The molecule has 0 unspecified atom stereocenters. The average molecular weight is 450 g/mol. The Balaban J connectivity index is 1.49. The van der Waals surface area contributed by atoms with Crippen LogP contribution in [0.5, 0.6) is 23.0 Å². The summed E-state index contributed by atoms with van der Waals surface area (Å²) in [6.07, 6.45) is 2.39. The third kappa shape index (κ3) is 4.55. The fourth-order valence-electron chi connectivity index (χ4n) is 3.50. The van der Waals surface area contributed by atoms with E-state index in [1.165, 1.54) is 0 Å². The van der Waals surface area contributed by atoms with E-state index in [-0.39, 0.29) is 12.0 Å². The van der Waals surface area contributed by atoms with Crippen molar-refractivity contribution in [2.45, 2.75) is 32.8 Å². The molecule has 0 atom stereocenters. The lowest BCUT2D eigenvalue weighted by Crippen LogP contribution is -2.34. The topological polar surface area (TPSA) is 96.0 Å². The lowest BCUT2D eigenvalue weighted by molar-refractivity contribution is -0.156. The lowest BCUT2D eigenvalue weighted by atomic mass is 10.1. The lowest BCUT2D eigenvalue weighted by Gasteiger charge is -2.16. The van der Waals surface area contributed by atoms with Gasteiger partial charge in [-0.05, 0) is 63.1 Å². The molecule has 8 heteroatoms. The van der Waals surface area contributed by atoms with Crippen LogP contribution in [0.1, 0.15) is 26.7 Å². The Morgan fingerprint density at radius 1 is 0.970 bits per heavy atom. The van der Waals surface area contributed by atoms with E-state index in [0.717, 1.165) is 5.39 Å². The van der Waals surface area contributed by atoms with Crippen LogP contribution >= 0.6 is 0 Å². The van der Waals surface area contributed by atoms with Gasteiger partial charge >= 0.3 is 5.97 Å². The minimum Gasteiger partial charge on any atom is -0.493 e. The molecule has 1 fully saturated rings. The normalized spacial score (nSPS) is 14.0. The molecule has 33 heavy (non-hydrogen) atoms. The number of esters is 1.